The number of halogens is 1. The summed E-state index contributed by atoms with van der Waals surface area (Å²) in [6, 6.07) is 15.8. The molecule has 0 aliphatic heterocycles. The van der Waals surface area contributed by atoms with E-state index >= 15 is 0 Å². The van der Waals surface area contributed by atoms with Crippen LogP contribution >= 0.6 is 24.0 Å². The number of benzene rings is 2. The Morgan fingerprint density at radius 3 is 2.63 bits per heavy atom. The first-order valence-electron chi connectivity index (χ1n) is 9.84. The molecule has 0 radical (unpaired) electrons. The number of fused-ring (bicyclic) bond motifs is 1. The van der Waals surface area contributed by atoms with Gasteiger partial charge in [0.05, 0.1) is 24.7 Å². The van der Waals surface area contributed by atoms with E-state index in [2.05, 4.69) is 50.3 Å². The quantitative estimate of drug-likeness (QED) is 0.194. The third kappa shape index (κ3) is 6.51. The molecule has 3 rings (SSSR count). The van der Waals surface area contributed by atoms with Gasteiger partial charge in [-0.25, -0.2) is 4.98 Å². The van der Waals surface area contributed by atoms with Crippen molar-refractivity contribution in [1.82, 2.24) is 20.2 Å². The molecule has 1 aromatic heterocycles. The van der Waals surface area contributed by atoms with Crippen LogP contribution in [0.3, 0.4) is 0 Å². The lowest BCUT2D eigenvalue weighted by atomic mass is 10.3. The number of aliphatic imine (C=N–C) groups is 1. The van der Waals surface area contributed by atoms with Crippen molar-refractivity contribution in [2.45, 2.75) is 19.9 Å². The summed E-state index contributed by atoms with van der Waals surface area (Å²) in [7, 11) is 3.42. The van der Waals surface area contributed by atoms with Crippen LogP contribution in [-0.4, -0.2) is 49.4 Å². The fraction of sp³-hybridized carbons (Fsp3) is 0.364. The fourth-order valence-electron chi connectivity index (χ4n) is 3.17. The second-order valence-electron chi connectivity index (χ2n) is 6.61. The Hall–Kier alpha value is -2.49. The van der Waals surface area contributed by atoms with E-state index in [1.165, 1.54) is 5.52 Å². The van der Waals surface area contributed by atoms with Gasteiger partial charge < -0.3 is 24.7 Å². The van der Waals surface area contributed by atoms with Gasteiger partial charge in [-0.2, -0.15) is 0 Å². The SMILES string of the molecule is CN=C(NCCCn1c(C)nc2ccccc21)NCCOc1cccc(OC)c1.I. The van der Waals surface area contributed by atoms with Crippen molar-refractivity contribution in [2.24, 2.45) is 4.99 Å². The summed E-state index contributed by atoms with van der Waals surface area (Å²) in [6.07, 6.45) is 0.974. The number of para-hydroxylation sites is 2. The lowest BCUT2D eigenvalue weighted by Crippen LogP contribution is -2.39. The van der Waals surface area contributed by atoms with E-state index in [0.717, 1.165) is 48.3 Å². The highest BCUT2D eigenvalue weighted by atomic mass is 127. The first-order valence-corrected chi connectivity index (χ1v) is 9.84. The summed E-state index contributed by atoms with van der Waals surface area (Å²) < 4.78 is 13.2. The van der Waals surface area contributed by atoms with Gasteiger partial charge in [0.15, 0.2) is 5.96 Å². The van der Waals surface area contributed by atoms with Gasteiger partial charge in [-0.15, -0.1) is 24.0 Å². The summed E-state index contributed by atoms with van der Waals surface area (Å²) in [5.74, 6) is 3.39. The minimum Gasteiger partial charge on any atom is -0.497 e. The standard InChI is InChI=1S/C22H29N5O2.HI/c1-17-26-20-10-4-5-11-21(20)27(17)14-7-12-24-22(23-2)25-13-15-29-19-9-6-8-18(16-19)28-3;/h4-6,8-11,16H,7,12-15H2,1-3H3,(H2,23,24,25);1H. The van der Waals surface area contributed by atoms with Crippen LogP contribution in [0.5, 0.6) is 11.5 Å². The topological polar surface area (TPSA) is 72.7 Å². The molecule has 162 valence electrons. The zero-order chi connectivity index (χ0) is 20.5. The average Bonchev–Trinajstić information content (AvgIpc) is 3.07. The van der Waals surface area contributed by atoms with Gasteiger partial charge in [0.2, 0.25) is 0 Å². The van der Waals surface area contributed by atoms with Crippen LogP contribution in [-0.2, 0) is 6.54 Å². The van der Waals surface area contributed by atoms with E-state index in [-0.39, 0.29) is 24.0 Å². The Labute approximate surface area is 194 Å². The number of guanidine groups is 1. The molecule has 0 fully saturated rings. The zero-order valence-corrected chi connectivity index (χ0v) is 20.1. The summed E-state index contributed by atoms with van der Waals surface area (Å²) in [4.78, 5) is 8.88. The lowest BCUT2D eigenvalue weighted by molar-refractivity contribution is 0.319. The number of nitrogens with zero attached hydrogens (tertiary/aromatic N) is 3. The van der Waals surface area contributed by atoms with Crippen LogP contribution in [0.4, 0.5) is 0 Å². The molecular weight excluding hydrogens is 493 g/mol. The zero-order valence-electron chi connectivity index (χ0n) is 17.7. The van der Waals surface area contributed by atoms with Crippen molar-refractivity contribution in [3.8, 4) is 11.5 Å². The second-order valence-corrected chi connectivity index (χ2v) is 6.61. The molecule has 0 spiro atoms. The molecule has 0 saturated carbocycles. The molecular formula is C22H30IN5O2. The summed E-state index contributed by atoms with van der Waals surface area (Å²) in [6.45, 7) is 4.98. The van der Waals surface area contributed by atoms with Crippen molar-refractivity contribution in [3.63, 3.8) is 0 Å². The molecule has 0 aliphatic carbocycles. The van der Waals surface area contributed by atoms with Crippen molar-refractivity contribution in [2.75, 3.05) is 33.9 Å². The van der Waals surface area contributed by atoms with Gasteiger partial charge in [0, 0.05) is 26.2 Å². The van der Waals surface area contributed by atoms with E-state index in [0.29, 0.717) is 13.2 Å². The molecule has 30 heavy (non-hydrogen) atoms. The van der Waals surface area contributed by atoms with E-state index in [9.17, 15) is 0 Å². The van der Waals surface area contributed by atoms with E-state index < -0.39 is 0 Å². The Balaban J connectivity index is 0.00000320. The predicted octanol–water partition coefficient (Wildman–Crippen LogP) is 3.61. The maximum absolute atomic E-state index is 5.74. The van der Waals surface area contributed by atoms with E-state index in [1.807, 2.05) is 30.3 Å². The highest BCUT2D eigenvalue weighted by Crippen LogP contribution is 2.18. The van der Waals surface area contributed by atoms with Gasteiger partial charge in [-0.1, -0.05) is 18.2 Å². The molecule has 7 nitrogen and oxygen atoms in total. The third-order valence-corrected chi connectivity index (χ3v) is 4.62. The maximum atomic E-state index is 5.74. The molecule has 0 unspecified atom stereocenters. The Morgan fingerprint density at radius 1 is 1.07 bits per heavy atom. The largest absolute Gasteiger partial charge is 0.497 e. The van der Waals surface area contributed by atoms with Crippen LogP contribution < -0.4 is 20.1 Å². The van der Waals surface area contributed by atoms with Crippen LogP contribution in [0.2, 0.25) is 0 Å². The van der Waals surface area contributed by atoms with Gasteiger partial charge in [0.25, 0.3) is 0 Å². The van der Waals surface area contributed by atoms with Crippen LogP contribution in [0.1, 0.15) is 12.2 Å². The van der Waals surface area contributed by atoms with Gasteiger partial charge in [-0.05, 0) is 37.6 Å². The van der Waals surface area contributed by atoms with Crippen LogP contribution in [0, 0.1) is 6.92 Å². The third-order valence-electron chi connectivity index (χ3n) is 4.62. The molecule has 0 aliphatic rings. The van der Waals surface area contributed by atoms with Gasteiger partial charge in [0.1, 0.15) is 23.9 Å². The van der Waals surface area contributed by atoms with E-state index in [1.54, 1.807) is 14.2 Å². The Kier molecular flexibility index (Phi) is 9.72. The average molecular weight is 523 g/mol. The number of hydrogen-bond donors (Lipinski definition) is 2. The number of imidazole rings is 1. The molecule has 3 aromatic rings. The second kappa shape index (κ2) is 12.3. The van der Waals surface area contributed by atoms with Crippen molar-refractivity contribution in [1.29, 1.82) is 0 Å². The van der Waals surface area contributed by atoms with Crippen LogP contribution in [0.25, 0.3) is 11.0 Å². The highest BCUT2D eigenvalue weighted by Gasteiger charge is 2.06. The highest BCUT2D eigenvalue weighted by molar-refractivity contribution is 14.0. The molecule has 8 heteroatoms. The fourth-order valence-corrected chi connectivity index (χ4v) is 3.17. The first kappa shape index (κ1) is 23.8. The molecule has 0 atom stereocenters. The molecule has 2 aromatic carbocycles. The van der Waals surface area contributed by atoms with Gasteiger partial charge in [-0.3, -0.25) is 4.99 Å². The first-order chi connectivity index (χ1) is 14.2. The number of nitrogens with one attached hydrogen (secondary N) is 2. The lowest BCUT2D eigenvalue weighted by Gasteiger charge is -2.13. The summed E-state index contributed by atoms with van der Waals surface area (Å²) in [5, 5.41) is 6.61. The van der Waals surface area contributed by atoms with Crippen molar-refractivity contribution >= 4 is 41.0 Å². The van der Waals surface area contributed by atoms with Crippen molar-refractivity contribution < 1.29 is 9.47 Å². The minimum absolute atomic E-state index is 0. The number of ether oxygens (including phenoxy) is 2. The normalized spacial score (nSPS) is 11.1. The monoisotopic (exact) mass is 523 g/mol. The molecule has 2 N–H and O–H groups in total. The molecule has 0 bridgehead atoms. The number of aryl methyl sites for hydroxylation is 2. The van der Waals surface area contributed by atoms with Crippen LogP contribution in [0.15, 0.2) is 53.5 Å². The minimum atomic E-state index is 0. The smallest absolute Gasteiger partial charge is 0.191 e. The molecule has 0 amide bonds. The number of hydrogen-bond acceptors (Lipinski definition) is 4. The van der Waals surface area contributed by atoms with Crippen molar-refractivity contribution in [3.05, 3.63) is 54.4 Å². The Bertz CT molecular complexity index is 958. The number of methoxy groups -OCH3 is 1. The number of aromatic nitrogens is 2. The van der Waals surface area contributed by atoms with E-state index in [4.69, 9.17) is 9.47 Å². The summed E-state index contributed by atoms with van der Waals surface area (Å²) >= 11 is 0. The Morgan fingerprint density at radius 2 is 1.83 bits per heavy atom. The molecule has 1 heterocycles. The predicted molar refractivity (Wildman–Crippen MR) is 132 cm³/mol. The van der Waals surface area contributed by atoms with Gasteiger partial charge >= 0.3 is 0 Å². The summed E-state index contributed by atoms with van der Waals surface area (Å²) in [5.41, 5.74) is 2.23. The maximum Gasteiger partial charge on any atom is 0.191 e. The molecule has 0 saturated heterocycles. The number of rotatable bonds is 9.